The molecule has 1 amide bonds. The molecule has 0 spiro atoms. The van der Waals surface area contributed by atoms with Gasteiger partial charge in [-0.15, -0.1) is 12.4 Å². The maximum Gasteiger partial charge on any atom is 0.229 e. The number of piperazine rings is 1. The van der Waals surface area contributed by atoms with Crippen molar-refractivity contribution in [3.63, 3.8) is 0 Å². The van der Waals surface area contributed by atoms with Crippen molar-refractivity contribution in [2.75, 3.05) is 32.8 Å². The van der Waals surface area contributed by atoms with E-state index in [9.17, 15) is 4.79 Å². The van der Waals surface area contributed by atoms with E-state index in [0.29, 0.717) is 11.9 Å². The Morgan fingerprint density at radius 3 is 2.67 bits per heavy atom. The van der Waals surface area contributed by atoms with Crippen LogP contribution in [0.1, 0.15) is 33.1 Å². The molecule has 0 radical (unpaired) electrons. The number of hydrogen-bond donors (Lipinski definition) is 1. The highest BCUT2D eigenvalue weighted by Crippen LogP contribution is 2.36. The maximum atomic E-state index is 12.7. The van der Waals surface area contributed by atoms with E-state index < -0.39 is 0 Å². The van der Waals surface area contributed by atoms with Gasteiger partial charge < -0.3 is 15.0 Å². The summed E-state index contributed by atoms with van der Waals surface area (Å²) in [5.41, 5.74) is -0.144. The predicted molar refractivity (Wildman–Crippen MR) is 74.1 cm³/mol. The summed E-state index contributed by atoms with van der Waals surface area (Å²) in [4.78, 5) is 14.7. The molecule has 0 bridgehead atoms. The standard InChI is InChI=1S/C13H24N2O2.ClH/c1-3-13(4-8-17-9-5-13)12(16)15-7-6-14-11(2)10-15;/h11,14H,3-10H2,1-2H3;1H/t11-;/m1./s1. The Morgan fingerprint density at radius 1 is 1.44 bits per heavy atom. The van der Waals surface area contributed by atoms with Gasteiger partial charge >= 0.3 is 0 Å². The summed E-state index contributed by atoms with van der Waals surface area (Å²) in [6.07, 6.45) is 2.72. The number of halogens is 1. The molecule has 0 unspecified atom stereocenters. The molecule has 0 aromatic carbocycles. The minimum atomic E-state index is -0.144. The molecule has 106 valence electrons. The Hall–Kier alpha value is -0.320. The fraction of sp³-hybridized carbons (Fsp3) is 0.923. The van der Waals surface area contributed by atoms with Crippen LogP contribution in [-0.4, -0.2) is 49.7 Å². The topological polar surface area (TPSA) is 41.6 Å². The van der Waals surface area contributed by atoms with Crippen molar-refractivity contribution in [1.82, 2.24) is 10.2 Å². The number of rotatable bonds is 2. The van der Waals surface area contributed by atoms with Gasteiger partial charge in [-0.25, -0.2) is 0 Å². The first-order valence-corrected chi connectivity index (χ1v) is 6.78. The quantitative estimate of drug-likeness (QED) is 0.830. The van der Waals surface area contributed by atoms with Crippen LogP contribution in [0.5, 0.6) is 0 Å². The fourth-order valence-corrected chi connectivity index (χ4v) is 2.93. The second-order valence-electron chi connectivity index (χ2n) is 5.35. The summed E-state index contributed by atoms with van der Waals surface area (Å²) in [7, 11) is 0. The minimum absolute atomic E-state index is 0. The third-order valence-electron chi connectivity index (χ3n) is 4.24. The van der Waals surface area contributed by atoms with Crippen molar-refractivity contribution in [2.45, 2.75) is 39.2 Å². The molecular weight excluding hydrogens is 252 g/mol. The Morgan fingerprint density at radius 2 is 2.11 bits per heavy atom. The molecule has 1 N–H and O–H groups in total. The Bertz CT molecular complexity index is 280. The van der Waals surface area contributed by atoms with Gasteiger partial charge in [-0.2, -0.15) is 0 Å². The summed E-state index contributed by atoms with van der Waals surface area (Å²) in [5, 5.41) is 3.38. The van der Waals surface area contributed by atoms with Crippen LogP contribution in [0.25, 0.3) is 0 Å². The molecular formula is C13H25ClN2O2. The van der Waals surface area contributed by atoms with E-state index in [1.807, 2.05) is 0 Å². The summed E-state index contributed by atoms with van der Waals surface area (Å²) in [6, 6.07) is 0.418. The van der Waals surface area contributed by atoms with Crippen LogP contribution >= 0.6 is 12.4 Å². The minimum Gasteiger partial charge on any atom is -0.381 e. The van der Waals surface area contributed by atoms with Gasteiger partial charge in [0.2, 0.25) is 5.91 Å². The number of nitrogens with zero attached hydrogens (tertiary/aromatic N) is 1. The highest BCUT2D eigenvalue weighted by atomic mass is 35.5. The maximum absolute atomic E-state index is 12.7. The van der Waals surface area contributed by atoms with Gasteiger partial charge in [0.25, 0.3) is 0 Å². The van der Waals surface area contributed by atoms with Gasteiger partial charge in [0.15, 0.2) is 0 Å². The van der Waals surface area contributed by atoms with E-state index in [2.05, 4.69) is 24.1 Å². The normalized spacial score (nSPS) is 27.4. The van der Waals surface area contributed by atoms with Gasteiger partial charge in [-0.1, -0.05) is 6.92 Å². The van der Waals surface area contributed by atoms with Crippen LogP contribution < -0.4 is 5.32 Å². The third-order valence-corrected chi connectivity index (χ3v) is 4.24. The summed E-state index contributed by atoms with van der Waals surface area (Å²) in [6.45, 7) is 8.37. The average Bonchev–Trinajstić information content (AvgIpc) is 2.38. The number of carbonyl (C=O) groups is 1. The number of nitrogens with one attached hydrogen (secondary N) is 1. The zero-order valence-corrected chi connectivity index (χ0v) is 12.2. The van der Waals surface area contributed by atoms with Crippen LogP contribution in [0.4, 0.5) is 0 Å². The monoisotopic (exact) mass is 276 g/mol. The van der Waals surface area contributed by atoms with Crippen LogP contribution in [0, 0.1) is 5.41 Å². The lowest BCUT2D eigenvalue weighted by molar-refractivity contribution is -0.149. The van der Waals surface area contributed by atoms with Gasteiger partial charge in [0.05, 0.1) is 5.41 Å². The predicted octanol–water partition coefficient (Wildman–Crippen LogP) is 1.44. The van der Waals surface area contributed by atoms with E-state index in [-0.39, 0.29) is 17.8 Å². The highest BCUT2D eigenvalue weighted by Gasteiger charge is 2.41. The number of hydrogen-bond acceptors (Lipinski definition) is 3. The van der Waals surface area contributed by atoms with Crippen molar-refractivity contribution in [3.8, 4) is 0 Å². The molecule has 2 saturated heterocycles. The van der Waals surface area contributed by atoms with Crippen molar-refractivity contribution in [2.24, 2.45) is 5.41 Å². The number of ether oxygens (including phenoxy) is 1. The molecule has 1 atom stereocenters. The molecule has 18 heavy (non-hydrogen) atoms. The first kappa shape index (κ1) is 15.7. The van der Waals surface area contributed by atoms with Crippen molar-refractivity contribution in [3.05, 3.63) is 0 Å². The second kappa shape index (κ2) is 6.73. The van der Waals surface area contributed by atoms with E-state index in [1.54, 1.807) is 0 Å². The zero-order valence-electron chi connectivity index (χ0n) is 11.4. The van der Waals surface area contributed by atoms with E-state index in [1.165, 1.54) is 0 Å². The Kier molecular flexibility index (Phi) is 5.89. The zero-order chi connectivity index (χ0) is 12.3. The largest absolute Gasteiger partial charge is 0.381 e. The molecule has 0 aromatic rings. The Labute approximate surface area is 116 Å². The number of carbonyl (C=O) groups excluding carboxylic acids is 1. The van der Waals surface area contributed by atoms with Crippen molar-refractivity contribution in [1.29, 1.82) is 0 Å². The molecule has 0 aromatic heterocycles. The van der Waals surface area contributed by atoms with Crippen LogP contribution in [-0.2, 0) is 9.53 Å². The smallest absolute Gasteiger partial charge is 0.229 e. The summed E-state index contributed by atoms with van der Waals surface area (Å²) < 4.78 is 5.40. The molecule has 0 aliphatic carbocycles. The SMILES string of the molecule is CCC1(C(=O)N2CCN[C@H](C)C2)CCOCC1.Cl. The van der Waals surface area contributed by atoms with Gasteiger partial charge in [-0.05, 0) is 26.2 Å². The molecule has 2 aliphatic rings. The fourth-order valence-electron chi connectivity index (χ4n) is 2.93. The van der Waals surface area contributed by atoms with E-state index in [4.69, 9.17) is 4.74 Å². The van der Waals surface area contributed by atoms with Gasteiger partial charge in [-0.3, -0.25) is 4.79 Å². The first-order chi connectivity index (χ1) is 8.18. The average molecular weight is 277 g/mol. The summed E-state index contributed by atoms with van der Waals surface area (Å²) >= 11 is 0. The highest BCUT2D eigenvalue weighted by molar-refractivity contribution is 5.85. The molecule has 5 heteroatoms. The molecule has 2 fully saturated rings. The van der Waals surface area contributed by atoms with E-state index in [0.717, 1.165) is 52.1 Å². The van der Waals surface area contributed by atoms with Crippen molar-refractivity contribution < 1.29 is 9.53 Å². The van der Waals surface area contributed by atoms with Crippen LogP contribution in [0.3, 0.4) is 0 Å². The lowest BCUT2D eigenvalue weighted by atomic mass is 9.76. The number of amides is 1. The van der Waals surface area contributed by atoms with Gasteiger partial charge in [0.1, 0.15) is 0 Å². The van der Waals surface area contributed by atoms with Gasteiger partial charge in [0, 0.05) is 38.9 Å². The van der Waals surface area contributed by atoms with Crippen LogP contribution in [0.2, 0.25) is 0 Å². The van der Waals surface area contributed by atoms with Crippen molar-refractivity contribution >= 4 is 18.3 Å². The van der Waals surface area contributed by atoms with E-state index >= 15 is 0 Å². The molecule has 2 aliphatic heterocycles. The first-order valence-electron chi connectivity index (χ1n) is 6.78. The van der Waals surface area contributed by atoms with Crippen LogP contribution in [0.15, 0.2) is 0 Å². The summed E-state index contributed by atoms with van der Waals surface area (Å²) in [5.74, 6) is 0.358. The molecule has 2 heterocycles. The third kappa shape index (κ3) is 3.16. The second-order valence-corrected chi connectivity index (χ2v) is 5.35. The molecule has 2 rings (SSSR count). The molecule has 4 nitrogen and oxygen atoms in total. The lowest BCUT2D eigenvalue weighted by Crippen LogP contribution is -2.56. The Balaban J connectivity index is 0.00000162. The lowest BCUT2D eigenvalue weighted by Gasteiger charge is -2.41. The molecule has 0 saturated carbocycles.